The van der Waals surface area contributed by atoms with Gasteiger partial charge in [0, 0.05) is 6.54 Å². The SMILES string of the molecule is CCCCN1N=C(C(=O)O)CC1=O. The van der Waals surface area contributed by atoms with Crippen molar-refractivity contribution >= 4 is 17.6 Å². The Balaban J connectivity index is 2.56. The molecule has 0 aliphatic carbocycles. The van der Waals surface area contributed by atoms with Gasteiger partial charge in [0.1, 0.15) is 0 Å². The van der Waals surface area contributed by atoms with E-state index in [1.54, 1.807) is 0 Å². The first-order valence-corrected chi connectivity index (χ1v) is 4.26. The second-order valence-corrected chi connectivity index (χ2v) is 2.90. The highest BCUT2D eigenvalue weighted by Gasteiger charge is 2.27. The van der Waals surface area contributed by atoms with E-state index in [1.165, 1.54) is 5.01 Å². The molecule has 1 heterocycles. The average molecular weight is 184 g/mol. The first-order valence-electron chi connectivity index (χ1n) is 4.26. The van der Waals surface area contributed by atoms with E-state index in [4.69, 9.17) is 5.11 Å². The van der Waals surface area contributed by atoms with Gasteiger partial charge in [-0.1, -0.05) is 13.3 Å². The molecular formula is C8H12N2O3. The second-order valence-electron chi connectivity index (χ2n) is 2.90. The molecule has 1 aliphatic rings. The van der Waals surface area contributed by atoms with Gasteiger partial charge in [0.05, 0.1) is 6.42 Å². The van der Waals surface area contributed by atoms with E-state index in [1.807, 2.05) is 6.92 Å². The largest absolute Gasteiger partial charge is 0.477 e. The molecule has 0 spiro atoms. The minimum atomic E-state index is -1.10. The molecular weight excluding hydrogens is 172 g/mol. The van der Waals surface area contributed by atoms with E-state index in [-0.39, 0.29) is 18.0 Å². The van der Waals surface area contributed by atoms with E-state index < -0.39 is 5.97 Å². The van der Waals surface area contributed by atoms with Crippen LogP contribution in [0.15, 0.2) is 5.10 Å². The van der Waals surface area contributed by atoms with Gasteiger partial charge in [-0.3, -0.25) is 4.79 Å². The summed E-state index contributed by atoms with van der Waals surface area (Å²) in [6, 6.07) is 0. The summed E-state index contributed by atoms with van der Waals surface area (Å²) in [5, 5.41) is 13.5. The van der Waals surface area contributed by atoms with Crippen LogP contribution in [0.3, 0.4) is 0 Å². The maximum atomic E-state index is 11.1. The Morgan fingerprint density at radius 1 is 1.69 bits per heavy atom. The number of carboxylic acids is 1. The summed E-state index contributed by atoms with van der Waals surface area (Å²) in [5.74, 6) is -1.32. The lowest BCUT2D eigenvalue weighted by Gasteiger charge is -2.09. The van der Waals surface area contributed by atoms with Crippen molar-refractivity contribution in [1.82, 2.24) is 5.01 Å². The summed E-state index contributed by atoms with van der Waals surface area (Å²) in [7, 11) is 0. The molecule has 0 unspecified atom stereocenters. The zero-order valence-electron chi connectivity index (χ0n) is 7.49. The van der Waals surface area contributed by atoms with Crippen molar-refractivity contribution in [2.75, 3.05) is 6.54 Å². The lowest BCUT2D eigenvalue weighted by Crippen LogP contribution is -2.21. The number of carbonyl (C=O) groups is 2. The fourth-order valence-corrected chi connectivity index (χ4v) is 1.07. The van der Waals surface area contributed by atoms with Crippen LogP contribution in [0, 0.1) is 0 Å². The number of nitrogens with zero attached hydrogens (tertiary/aromatic N) is 2. The maximum Gasteiger partial charge on any atom is 0.352 e. The predicted octanol–water partition coefficient (Wildman–Crippen LogP) is 0.459. The molecule has 1 aliphatic heterocycles. The van der Waals surface area contributed by atoms with Crippen molar-refractivity contribution in [1.29, 1.82) is 0 Å². The molecule has 0 saturated carbocycles. The quantitative estimate of drug-likeness (QED) is 0.690. The molecule has 1 amide bonds. The van der Waals surface area contributed by atoms with Crippen molar-refractivity contribution in [2.45, 2.75) is 26.2 Å². The van der Waals surface area contributed by atoms with Crippen LogP contribution in [-0.2, 0) is 9.59 Å². The van der Waals surface area contributed by atoms with Crippen molar-refractivity contribution in [3.63, 3.8) is 0 Å². The third-order valence-electron chi connectivity index (χ3n) is 1.82. The van der Waals surface area contributed by atoms with Crippen molar-refractivity contribution in [2.24, 2.45) is 5.10 Å². The summed E-state index contributed by atoms with van der Waals surface area (Å²) in [6.07, 6.45) is 1.74. The Hall–Kier alpha value is -1.39. The molecule has 72 valence electrons. The molecule has 13 heavy (non-hydrogen) atoms. The Kier molecular flexibility index (Phi) is 3.00. The summed E-state index contributed by atoms with van der Waals surface area (Å²) in [6.45, 7) is 2.52. The van der Waals surface area contributed by atoms with E-state index in [2.05, 4.69) is 5.10 Å². The Morgan fingerprint density at radius 2 is 2.38 bits per heavy atom. The smallest absolute Gasteiger partial charge is 0.352 e. The number of unbranched alkanes of at least 4 members (excludes halogenated alkanes) is 1. The number of amides is 1. The van der Waals surface area contributed by atoms with E-state index >= 15 is 0 Å². The molecule has 0 saturated heterocycles. The number of carbonyl (C=O) groups excluding carboxylic acids is 1. The summed E-state index contributed by atoms with van der Waals surface area (Å²) >= 11 is 0. The fraction of sp³-hybridized carbons (Fsp3) is 0.625. The fourth-order valence-electron chi connectivity index (χ4n) is 1.07. The van der Waals surface area contributed by atoms with Crippen LogP contribution >= 0.6 is 0 Å². The zero-order valence-corrected chi connectivity index (χ0v) is 7.49. The van der Waals surface area contributed by atoms with Crippen molar-refractivity contribution in [3.05, 3.63) is 0 Å². The van der Waals surface area contributed by atoms with Crippen molar-refractivity contribution < 1.29 is 14.7 Å². The predicted molar refractivity (Wildman–Crippen MR) is 46.3 cm³/mol. The highest BCUT2D eigenvalue weighted by Crippen LogP contribution is 2.09. The van der Waals surface area contributed by atoms with Crippen LogP contribution in [0.25, 0.3) is 0 Å². The first-order chi connectivity index (χ1) is 6.15. The minimum Gasteiger partial charge on any atom is -0.477 e. The normalized spacial score (nSPS) is 16.2. The van der Waals surface area contributed by atoms with Gasteiger partial charge in [-0.15, -0.1) is 0 Å². The van der Waals surface area contributed by atoms with Gasteiger partial charge in [0.25, 0.3) is 0 Å². The van der Waals surface area contributed by atoms with Gasteiger partial charge >= 0.3 is 5.97 Å². The van der Waals surface area contributed by atoms with E-state index in [9.17, 15) is 9.59 Å². The third kappa shape index (κ3) is 2.27. The molecule has 0 radical (unpaired) electrons. The van der Waals surface area contributed by atoms with Gasteiger partial charge in [0.2, 0.25) is 5.91 Å². The van der Waals surface area contributed by atoms with Gasteiger partial charge in [-0.05, 0) is 6.42 Å². The number of aliphatic carboxylic acids is 1. The van der Waals surface area contributed by atoms with Crippen molar-refractivity contribution in [3.8, 4) is 0 Å². The molecule has 5 heteroatoms. The van der Waals surface area contributed by atoms with Gasteiger partial charge in [-0.2, -0.15) is 5.10 Å². The van der Waals surface area contributed by atoms with Crippen LogP contribution in [-0.4, -0.2) is 34.2 Å². The third-order valence-corrected chi connectivity index (χ3v) is 1.82. The molecule has 1 rings (SSSR count). The van der Waals surface area contributed by atoms with Crippen LogP contribution in [0.5, 0.6) is 0 Å². The lowest BCUT2D eigenvalue weighted by molar-refractivity contribution is -0.131. The molecule has 0 fully saturated rings. The highest BCUT2D eigenvalue weighted by atomic mass is 16.4. The summed E-state index contributed by atoms with van der Waals surface area (Å²) in [4.78, 5) is 21.6. The lowest BCUT2D eigenvalue weighted by atomic mass is 10.3. The molecule has 0 atom stereocenters. The number of hydrazone groups is 1. The monoisotopic (exact) mass is 184 g/mol. The Bertz CT molecular complexity index is 260. The minimum absolute atomic E-state index is 0.0545. The summed E-state index contributed by atoms with van der Waals surface area (Å²) in [5.41, 5.74) is -0.0545. The first kappa shape index (κ1) is 9.70. The van der Waals surface area contributed by atoms with Crippen LogP contribution < -0.4 is 0 Å². The van der Waals surface area contributed by atoms with Crippen LogP contribution in [0.4, 0.5) is 0 Å². The van der Waals surface area contributed by atoms with Crippen LogP contribution in [0.2, 0.25) is 0 Å². The van der Waals surface area contributed by atoms with Crippen LogP contribution in [0.1, 0.15) is 26.2 Å². The molecule has 0 aromatic carbocycles. The molecule has 0 aromatic rings. The Labute approximate surface area is 76.0 Å². The number of hydrogen-bond donors (Lipinski definition) is 1. The molecule has 0 aromatic heterocycles. The number of hydrogen-bond acceptors (Lipinski definition) is 3. The van der Waals surface area contributed by atoms with Gasteiger partial charge in [-0.25, -0.2) is 9.80 Å². The van der Waals surface area contributed by atoms with E-state index in [0.29, 0.717) is 6.54 Å². The number of carboxylic acid groups (broad SMARTS) is 1. The van der Waals surface area contributed by atoms with E-state index in [0.717, 1.165) is 12.8 Å². The molecule has 1 N–H and O–H groups in total. The maximum absolute atomic E-state index is 11.1. The summed E-state index contributed by atoms with van der Waals surface area (Å²) < 4.78 is 0. The van der Waals surface area contributed by atoms with Gasteiger partial charge < -0.3 is 5.11 Å². The molecule has 5 nitrogen and oxygen atoms in total. The number of rotatable bonds is 4. The highest BCUT2D eigenvalue weighted by molar-refractivity contribution is 6.40. The Morgan fingerprint density at radius 3 is 2.85 bits per heavy atom. The molecule has 0 bridgehead atoms. The van der Waals surface area contributed by atoms with Gasteiger partial charge in [0.15, 0.2) is 5.71 Å². The average Bonchev–Trinajstić information content (AvgIpc) is 2.44. The second kappa shape index (κ2) is 4.02. The standard InChI is InChI=1S/C8H12N2O3/c1-2-3-4-10-7(11)5-6(9-10)8(12)13/h2-5H2,1H3,(H,12,13). The zero-order chi connectivity index (χ0) is 9.84. The topological polar surface area (TPSA) is 70.0 Å².